The predicted octanol–water partition coefficient (Wildman–Crippen LogP) is 1.83. The van der Waals surface area contributed by atoms with Gasteiger partial charge >= 0.3 is 5.69 Å². The van der Waals surface area contributed by atoms with Crippen LogP contribution in [0.25, 0.3) is 11.0 Å². The zero-order valence-corrected chi connectivity index (χ0v) is 19.6. The Balaban J connectivity index is 1.58. The summed E-state index contributed by atoms with van der Waals surface area (Å²) in [5, 5.41) is 0. The molecule has 184 valence electrons. The molecule has 1 aliphatic rings. The van der Waals surface area contributed by atoms with E-state index in [1.54, 1.807) is 56.6 Å². The number of rotatable bonds is 10. The first-order valence-corrected chi connectivity index (χ1v) is 11.3. The molecule has 1 aliphatic heterocycles. The number of aryl methyl sites for hydroxylation is 1. The lowest BCUT2D eigenvalue weighted by Gasteiger charge is -2.31. The first-order valence-electron chi connectivity index (χ1n) is 11.3. The molecule has 3 aromatic rings. The van der Waals surface area contributed by atoms with Crippen LogP contribution in [0.15, 0.2) is 47.3 Å². The molecule has 2 aromatic carbocycles. The van der Waals surface area contributed by atoms with Gasteiger partial charge < -0.3 is 19.0 Å². The van der Waals surface area contributed by atoms with Crippen LogP contribution < -0.4 is 15.2 Å². The third-order valence-corrected chi connectivity index (χ3v) is 6.04. The Labute approximate surface area is 201 Å². The molecule has 1 unspecified atom stereocenters. The average molecular weight is 482 g/mol. The maximum atomic E-state index is 13.4. The van der Waals surface area contributed by atoms with E-state index in [9.17, 15) is 19.2 Å². The quantitative estimate of drug-likeness (QED) is 0.247. The second kappa shape index (κ2) is 10.6. The van der Waals surface area contributed by atoms with E-state index in [1.807, 2.05) is 0 Å². The smallest absolute Gasteiger partial charge is 0.329 e. The van der Waals surface area contributed by atoms with Crippen molar-refractivity contribution in [3.05, 3.63) is 58.5 Å². The maximum Gasteiger partial charge on any atom is 0.329 e. The van der Waals surface area contributed by atoms with Crippen LogP contribution in [0.2, 0.25) is 0 Å². The van der Waals surface area contributed by atoms with Gasteiger partial charge in [-0.1, -0.05) is 12.1 Å². The number of imide groups is 1. The van der Waals surface area contributed by atoms with Gasteiger partial charge in [-0.2, -0.15) is 0 Å². The number of amides is 2. The van der Waals surface area contributed by atoms with Crippen molar-refractivity contribution in [1.82, 2.24) is 14.0 Å². The Hall–Kier alpha value is -3.92. The second-order valence-corrected chi connectivity index (χ2v) is 8.17. The number of carbonyl (C=O) groups is 3. The van der Waals surface area contributed by atoms with Crippen LogP contribution in [-0.2, 0) is 32.7 Å². The zero-order chi connectivity index (χ0) is 24.9. The summed E-state index contributed by atoms with van der Waals surface area (Å²) in [5.74, 6) is 0.551. The first kappa shape index (κ1) is 24.2. The van der Waals surface area contributed by atoms with E-state index in [4.69, 9.17) is 14.2 Å². The topological polar surface area (TPSA) is 109 Å². The largest absolute Gasteiger partial charge is 0.497 e. The van der Waals surface area contributed by atoms with E-state index in [1.165, 1.54) is 14.0 Å². The number of methoxy groups -OCH3 is 1. The number of nitrogens with zero attached hydrogens (tertiary/aromatic N) is 3. The molecule has 1 atom stereocenters. The number of ether oxygens (including phenoxy) is 3. The molecule has 0 radical (unpaired) electrons. The number of hydrogen-bond donors (Lipinski definition) is 0. The molecule has 0 spiro atoms. The molecular weight excluding hydrogens is 454 g/mol. The van der Waals surface area contributed by atoms with E-state index in [0.29, 0.717) is 28.8 Å². The molecule has 0 N–H and O–H groups in total. The van der Waals surface area contributed by atoms with Crippen molar-refractivity contribution >= 4 is 29.1 Å². The summed E-state index contributed by atoms with van der Waals surface area (Å²) in [5.41, 5.74) is 1.63. The molecule has 1 aromatic heterocycles. The Morgan fingerprint density at radius 1 is 1.00 bits per heavy atom. The van der Waals surface area contributed by atoms with Crippen LogP contribution in [-0.4, -0.2) is 59.1 Å². The minimum Gasteiger partial charge on any atom is -0.497 e. The van der Waals surface area contributed by atoms with E-state index in [0.717, 1.165) is 5.56 Å². The predicted molar refractivity (Wildman–Crippen MR) is 126 cm³/mol. The van der Waals surface area contributed by atoms with Crippen molar-refractivity contribution in [3.63, 3.8) is 0 Å². The lowest BCUT2D eigenvalue weighted by molar-refractivity contribution is -0.151. The highest BCUT2D eigenvalue weighted by Gasteiger charge is 2.37. The van der Waals surface area contributed by atoms with Gasteiger partial charge in [-0.15, -0.1) is 0 Å². The molecule has 0 aliphatic carbocycles. The van der Waals surface area contributed by atoms with Crippen LogP contribution in [0.5, 0.6) is 11.5 Å². The van der Waals surface area contributed by atoms with Gasteiger partial charge in [0.15, 0.2) is 0 Å². The number of piperidine rings is 1. The van der Waals surface area contributed by atoms with Crippen LogP contribution >= 0.6 is 0 Å². The van der Waals surface area contributed by atoms with Crippen molar-refractivity contribution in [1.29, 1.82) is 0 Å². The summed E-state index contributed by atoms with van der Waals surface area (Å²) >= 11 is 0. The number of fused-ring (bicyclic) bond motifs is 1. The zero-order valence-electron chi connectivity index (χ0n) is 19.6. The van der Waals surface area contributed by atoms with Gasteiger partial charge in [0.1, 0.15) is 37.0 Å². The van der Waals surface area contributed by atoms with Gasteiger partial charge in [0, 0.05) is 19.5 Å². The van der Waals surface area contributed by atoms with Gasteiger partial charge in [-0.25, -0.2) is 4.79 Å². The van der Waals surface area contributed by atoms with Crippen molar-refractivity contribution in [2.24, 2.45) is 7.05 Å². The fourth-order valence-electron chi connectivity index (χ4n) is 4.22. The standard InChI is InChI=1S/C25H27N3O7/c1-26-22-15-19(35-14-13-34-12-11-29)7-8-20(22)28(25(26)32)21-9-10-23(30)27(24(21)31)16-17-3-5-18(33-2)6-4-17/h3-8,11,15,21H,9-10,12-14,16H2,1-2H3. The van der Waals surface area contributed by atoms with Gasteiger partial charge in [0.05, 0.1) is 31.3 Å². The highest BCUT2D eigenvalue weighted by atomic mass is 16.5. The average Bonchev–Trinajstić information content (AvgIpc) is 3.11. The summed E-state index contributed by atoms with van der Waals surface area (Å²) in [6.45, 7) is 0.637. The monoisotopic (exact) mass is 481 g/mol. The molecule has 10 nitrogen and oxygen atoms in total. The molecule has 10 heteroatoms. The minimum atomic E-state index is -0.786. The van der Waals surface area contributed by atoms with Crippen molar-refractivity contribution < 1.29 is 28.6 Å². The van der Waals surface area contributed by atoms with E-state index < -0.39 is 11.9 Å². The number of aromatic nitrogens is 2. The fraction of sp³-hybridized carbons (Fsp3) is 0.360. The minimum absolute atomic E-state index is 0.00709. The number of imidazole rings is 1. The lowest BCUT2D eigenvalue weighted by Crippen LogP contribution is -2.47. The number of likely N-dealkylation sites (tertiary alicyclic amines) is 1. The Morgan fingerprint density at radius 3 is 2.46 bits per heavy atom. The van der Waals surface area contributed by atoms with Gasteiger partial charge in [-0.3, -0.25) is 23.6 Å². The van der Waals surface area contributed by atoms with E-state index >= 15 is 0 Å². The third-order valence-electron chi connectivity index (χ3n) is 6.04. The van der Waals surface area contributed by atoms with Crippen molar-refractivity contribution in [2.45, 2.75) is 25.4 Å². The van der Waals surface area contributed by atoms with Gasteiger partial charge in [-0.05, 0) is 36.2 Å². The lowest BCUT2D eigenvalue weighted by atomic mass is 10.0. The molecule has 0 saturated carbocycles. The summed E-state index contributed by atoms with van der Waals surface area (Å²) < 4.78 is 18.8. The highest BCUT2D eigenvalue weighted by Crippen LogP contribution is 2.29. The fourth-order valence-corrected chi connectivity index (χ4v) is 4.22. The second-order valence-electron chi connectivity index (χ2n) is 8.17. The molecule has 0 bridgehead atoms. The first-order chi connectivity index (χ1) is 16.9. The summed E-state index contributed by atoms with van der Waals surface area (Å²) in [6.07, 6.45) is 1.09. The molecule has 1 saturated heterocycles. The number of carbonyl (C=O) groups excluding carboxylic acids is 3. The molecule has 2 heterocycles. The van der Waals surface area contributed by atoms with Crippen molar-refractivity contribution in [3.8, 4) is 11.5 Å². The summed E-state index contributed by atoms with van der Waals surface area (Å²) in [4.78, 5) is 50.7. The number of benzene rings is 2. The van der Waals surface area contributed by atoms with Crippen LogP contribution in [0, 0.1) is 0 Å². The third kappa shape index (κ3) is 4.97. The van der Waals surface area contributed by atoms with Crippen LogP contribution in [0.4, 0.5) is 0 Å². The molecule has 2 amide bonds. The van der Waals surface area contributed by atoms with Crippen molar-refractivity contribution in [2.75, 3.05) is 26.9 Å². The molecule has 35 heavy (non-hydrogen) atoms. The Kier molecular flexibility index (Phi) is 7.31. The number of hydrogen-bond acceptors (Lipinski definition) is 7. The summed E-state index contributed by atoms with van der Waals surface area (Å²) in [7, 11) is 3.20. The molecular formula is C25H27N3O7. The van der Waals surface area contributed by atoms with Crippen LogP contribution in [0.1, 0.15) is 24.4 Å². The summed E-state index contributed by atoms with van der Waals surface area (Å²) in [6, 6.07) is 11.5. The number of aldehydes is 1. The highest BCUT2D eigenvalue weighted by molar-refractivity contribution is 6.00. The van der Waals surface area contributed by atoms with E-state index in [2.05, 4.69) is 0 Å². The molecule has 1 fully saturated rings. The van der Waals surface area contributed by atoms with E-state index in [-0.39, 0.29) is 50.8 Å². The van der Waals surface area contributed by atoms with Gasteiger partial charge in [0.2, 0.25) is 5.91 Å². The maximum absolute atomic E-state index is 13.4. The Morgan fingerprint density at radius 2 is 1.74 bits per heavy atom. The SMILES string of the molecule is COc1ccc(CN2C(=O)CCC(n3c(=O)n(C)c4cc(OCCOCC=O)ccc43)C2=O)cc1. The molecule has 4 rings (SSSR count). The Bertz CT molecular complexity index is 1290. The van der Waals surface area contributed by atoms with Crippen LogP contribution in [0.3, 0.4) is 0 Å². The normalized spacial score (nSPS) is 16.1. The van der Waals surface area contributed by atoms with Gasteiger partial charge in [0.25, 0.3) is 5.91 Å².